The number of pyridine rings is 1. The summed E-state index contributed by atoms with van der Waals surface area (Å²) >= 11 is 0. The molecule has 0 N–H and O–H groups in total. The summed E-state index contributed by atoms with van der Waals surface area (Å²) < 4.78 is 1.59. The highest BCUT2D eigenvalue weighted by atomic mass is 16.2. The van der Waals surface area contributed by atoms with Gasteiger partial charge in [-0.3, -0.25) is 14.2 Å². The Kier molecular flexibility index (Phi) is 4.94. The minimum Gasteiger partial charge on any atom is -0.339 e. The second kappa shape index (κ2) is 7.16. The number of fused-ring (bicyclic) bond motifs is 1. The number of nitrogens with zero attached hydrogens (tertiary/aromatic N) is 2. The Morgan fingerprint density at radius 3 is 2.23 bits per heavy atom. The van der Waals surface area contributed by atoms with E-state index in [9.17, 15) is 9.59 Å². The molecule has 0 aliphatic rings. The number of hydrogen-bond donors (Lipinski definition) is 0. The standard InChI is InChI=1S/C22H24N2O2/c1-5-23(6-2)21(25)20-14-24(17-12-11-15(3)16(4)13-17)22(26)19-10-8-7-9-18(19)20/h7-14H,5-6H2,1-4H3. The van der Waals surface area contributed by atoms with Gasteiger partial charge in [0, 0.05) is 35.7 Å². The van der Waals surface area contributed by atoms with Gasteiger partial charge < -0.3 is 4.90 Å². The van der Waals surface area contributed by atoms with E-state index in [1.165, 1.54) is 5.56 Å². The quantitative estimate of drug-likeness (QED) is 0.713. The van der Waals surface area contributed by atoms with Crippen molar-refractivity contribution in [2.75, 3.05) is 13.1 Å². The van der Waals surface area contributed by atoms with Crippen molar-refractivity contribution in [3.63, 3.8) is 0 Å². The van der Waals surface area contributed by atoms with Crippen LogP contribution in [-0.2, 0) is 0 Å². The second-order valence-electron chi connectivity index (χ2n) is 6.51. The number of carbonyl (C=O) groups excluding carboxylic acids is 1. The molecule has 4 nitrogen and oxygen atoms in total. The van der Waals surface area contributed by atoms with Gasteiger partial charge in [0.05, 0.1) is 5.56 Å². The lowest BCUT2D eigenvalue weighted by Crippen LogP contribution is -2.32. The first-order valence-corrected chi connectivity index (χ1v) is 8.99. The Morgan fingerprint density at radius 2 is 1.62 bits per heavy atom. The molecule has 4 heteroatoms. The molecule has 0 unspecified atom stereocenters. The second-order valence-corrected chi connectivity index (χ2v) is 6.51. The van der Waals surface area contributed by atoms with E-state index >= 15 is 0 Å². The van der Waals surface area contributed by atoms with E-state index in [2.05, 4.69) is 0 Å². The lowest BCUT2D eigenvalue weighted by Gasteiger charge is -2.20. The molecule has 0 fully saturated rings. The molecule has 0 bridgehead atoms. The average molecular weight is 348 g/mol. The normalized spacial score (nSPS) is 10.9. The first kappa shape index (κ1) is 17.9. The molecule has 26 heavy (non-hydrogen) atoms. The van der Waals surface area contributed by atoms with Crippen LogP contribution in [0.25, 0.3) is 16.5 Å². The molecular formula is C22H24N2O2. The van der Waals surface area contributed by atoms with Crippen molar-refractivity contribution in [2.24, 2.45) is 0 Å². The van der Waals surface area contributed by atoms with Gasteiger partial charge in [-0.25, -0.2) is 0 Å². The van der Waals surface area contributed by atoms with Gasteiger partial charge in [-0.1, -0.05) is 24.3 Å². The van der Waals surface area contributed by atoms with Crippen LogP contribution in [0.3, 0.4) is 0 Å². The Morgan fingerprint density at radius 1 is 0.962 bits per heavy atom. The van der Waals surface area contributed by atoms with Crippen LogP contribution < -0.4 is 5.56 Å². The molecule has 1 heterocycles. The molecule has 2 aromatic carbocycles. The molecule has 134 valence electrons. The highest BCUT2D eigenvalue weighted by Gasteiger charge is 2.19. The molecule has 0 saturated carbocycles. The first-order chi connectivity index (χ1) is 12.5. The topological polar surface area (TPSA) is 42.3 Å². The number of benzene rings is 2. The maximum absolute atomic E-state index is 13.0. The minimum atomic E-state index is -0.111. The van der Waals surface area contributed by atoms with Crippen molar-refractivity contribution in [1.82, 2.24) is 9.47 Å². The maximum Gasteiger partial charge on any atom is 0.262 e. The van der Waals surface area contributed by atoms with Crippen LogP contribution in [0.15, 0.2) is 53.5 Å². The van der Waals surface area contributed by atoms with Crippen LogP contribution in [0.1, 0.15) is 35.3 Å². The molecule has 0 radical (unpaired) electrons. The van der Waals surface area contributed by atoms with Gasteiger partial charge in [0.15, 0.2) is 0 Å². The molecule has 3 aromatic rings. The Labute approximate surface area is 153 Å². The highest BCUT2D eigenvalue weighted by Crippen LogP contribution is 2.20. The van der Waals surface area contributed by atoms with E-state index in [-0.39, 0.29) is 11.5 Å². The fourth-order valence-corrected chi connectivity index (χ4v) is 3.21. The first-order valence-electron chi connectivity index (χ1n) is 8.99. The highest BCUT2D eigenvalue weighted by molar-refractivity contribution is 6.06. The van der Waals surface area contributed by atoms with E-state index in [0.29, 0.717) is 29.4 Å². The summed E-state index contributed by atoms with van der Waals surface area (Å²) in [4.78, 5) is 27.9. The third-order valence-electron chi connectivity index (χ3n) is 4.97. The number of aromatic nitrogens is 1. The minimum absolute atomic E-state index is 0.0521. The Balaban J connectivity index is 2.31. The van der Waals surface area contributed by atoms with Crippen molar-refractivity contribution >= 4 is 16.7 Å². The monoisotopic (exact) mass is 348 g/mol. The molecule has 3 rings (SSSR count). The summed E-state index contributed by atoms with van der Waals surface area (Å²) in [7, 11) is 0. The number of hydrogen-bond acceptors (Lipinski definition) is 2. The Hall–Kier alpha value is -2.88. The van der Waals surface area contributed by atoms with Gasteiger partial charge in [0.1, 0.15) is 0 Å². The molecule has 1 amide bonds. The Bertz CT molecular complexity index is 1030. The van der Waals surface area contributed by atoms with E-state index in [1.54, 1.807) is 21.7 Å². The SMILES string of the molecule is CCN(CC)C(=O)c1cn(-c2ccc(C)c(C)c2)c(=O)c2ccccc12. The zero-order valence-electron chi connectivity index (χ0n) is 15.7. The van der Waals surface area contributed by atoms with Crippen molar-refractivity contribution in [3.05, 3.63) is 75.7 Å². The van der Waals surface area contributed by atoms with E-state index in [4.69, 9.17) is 0 Å². The van der Waals surface area contributed by atoms with Crippen molar-refractivity contribution in [1.29, 1.82) is 0 Å². The van der Waals surface area contributed by atoms with Gasteiger partial charge >= 0.3 is 0 Å². The molecule has 0 spiro atoms. The number of carbonyl (C=O) groups is 1. The lowest BCUT2D eigenvalue weighted by molar-refractivity contribution is 0.0774. The van der Waals surface area contributed by atoms with E-state index < -0.39 is 0 Å². The van der Waals surface area contributed by atoms with Crippen LogP contribution in [0.5, 0.6) is 0 Å². The van der Waals surface area contributed by atoms with Gasteiger partial charge in [-0.2, -0.15) is 0 Å². The van der Waals surface area contributed by atoms with Crippen molar-refractivity contribution < 1.29 is 4.79 Å². The van der Waals surface area contributed by atoms with Crippen LogP contribution in [0.4, 0.5) is 0 Å². The van der Waals surface area contributed by atoms with Crippen LogP contribution in [0.2, 0.25) is 0 Å². The maximum atomic E-state index is 13.0. The van der Waals surface area contributed by atoms with Gasteiger partial charge in [-0.05, 0) is 57.0 Å². The molecule has 0 atom stereocenters. The van der Waals surface area contributed by atoms with Crippen LogP contribution in [-0.4, -0.2) is 28.5 Å². The van der Waals surface area contributed by atoms with Crippen molar-refractivity contribution in [3.8, 4) is 5.69 Å². The third kappa shape index (κ3) is 3.03. The van der Waals surface area contributed by atoms with Crippen LogP contribution >= 0.6 is 0 Å². The van der Waals surface area contributed by atoms with E-state index in [1.807, 2.05) is 64.1 Å². The summed E-state index contributed by atoms with van der Waals surface area (Å²) in [5, 5.41) is 1.26. The fourth-order valence-electron chi connectivity index (χ4n) is 3.21. The number of aryl methyl sites for hydroxylation is 2. The predicted molar refractivity (Wildman–Crippen MR) is 106 cm³/mol. The summed E-state index contributed by atoms with van der Waals surface area (Å²) in [5.41, 5.74) is 3.50. The summed E-state index contributed by atoms with van der Waals surface area (Å²) in [6, 6.07) is 13.2. The summed E-state index contributed by atoms with van der Waals surface area (Å²) in [5.74, 6) is -0.0521. The zero-order chi connectivity index (χ0) is 18.8. The summed E-state index contributed by atoms with van der Waals surface area (Å²) in [6.07, 6.45) is 1.69. The molecular weight excluding hydrogens is 324 g/mol. The third-order valence-corrected chi connectivity index (χ3v) is 4.97. The molecule has 0 aliphatic heterocycles. The van der Waals surface area contributed by atoms with Gasteiger partial charge in [0.2, 0.25) is 0 Å². The zero-order valence-corrected chi connectivity index (χ0v) is 15.7. The summed E-state index contributed by atoms with van der Waals surface area (Å²) in [6.45, 7) is 9.25. The number of rotatable bonds is 4. The largest absolute Gasteiger partial charge is 0.339 e. The van der Waals surface area contributed by atoms with E-state index in [0.717, 1.165) is 11.3 Å². The fraction of sp³-hybridized carbons (Fsp3) is 0.273. The van der Waals surface area contributed by atoms with Crippen LogP contribution in [0, 0.1) is 13.8 Å². The number of amides is 1. The molecule has 0 aliphatic carbocycles. The van der Waals surface area contributed by atoms with Crippen molar-refractivity contribution in [2.45, 2.75) is 27.7 Å². The smallest absolute Gasteiger partial charge is 0.262 e. The van der Waals surface area contributed by atoms with Gasteiger partial charge in [0.25, 0.3) is 11.5 Å². The lowest BCUT2D eigenvalue weighted by atomic mass is 10.1. The molecule has 1 aromatic heterocycles. The van der Waals surface area contributed by atoms with Gasteiger partial charge in [-0.15, -0.1) is 0 Å². The molecule has 0 saturated heterocycles. The predicted octanol–water partition coefficient (Wildman–Crippen LogP) is 4.09. The average Bonchev–Trinajstić information content (AvgIpc) is 2.65.